The molecule has 0 spiro atoms. The van der Waals surface area contributed by atoms with Crippen LogP contribution in [-0.4, -0.2) is 28.7 Å². The van der Waals surface area contributed by atoms with E-state index < -0.39 is 6.61 Å². The Kier molecular flexibility index (Phi) is 5.23. The minimum absolute atomic E-state index is 0.00468. The number of aromatic nitrogens is 1. The van der Waals surface area contributed by atoms with E-state index >= 15 is 0 Å². The number of aliphatic hydroxyl groups excluding tert-OH is 1. The Morgan fingerprint density at radius 3 is 2.48 bits per heavy atom. The monoisotopic (exact) mass is 348 g/mol. The van der Waals surface area contributed by atoms with Crippen LogP contribution in [0.25, 0.3) is 0 Å². The molecule has 1 aliphatic carbocycles. The maximum Gasteiger partial charge on any atom is 0.387 e. The Morgan fingerprint density at radius 2 is 1.92 bits per heavy atom. The zero-order valence-electron chi connectivity index (χ0n) is 13.3. The molecule has 1 aromatic heterocycles. The van der Waals surface area contributed by atoms with Gasteiger partial charge in [-0.05, 0) is 55.2 Å². The molecule has 0 radical (unpaired) electrons. The highest BCUT2D eigenvalue weighted by Crippen LogP contribution is 2.37. The van der Waals surface area contributed by atoms with Gasteiger partial charge in [-0.3, -0.25) is 9.78 Å². The van der Waals surface area contributed by atoms with Crippen LogP contribution < -0.4 is 10.1 Å². The van der Waals surface area contributed by atoms with Crippen molar-refractivity contribution in [3.05, 3.63) is 59.9 Å². The van der Waals surface area contributed by atoms with Gasteiger partial charge < -0.3 is 15.2 Å². The predicted octanol–water partition coefficient (Wildman–Crippen LogP) is 2.93. The van der Waals surface area contributed by atoms with E-state index in [1.54, 1.807) is 12.3 Å². The number of aliphatic hydroxyl groups is 1. The van der Waals surface area contributed by atoms with Crippen LogP contribution in [0.3, 0.4) is 0 Å². The van der Waals surface area contributed by atoms with Gasteiger partial charge in [-0.1, -0.05) is 6.07 Å². The van der Waals surface area contributed by atoms with Crippen molar-refractivity contribution >= 4 is 5.91 Å². The summed E-state index contributed by atoms with van der Waals surface area (Å²) < 4.78 is 28.6. The Morgan fingerprint density at radius 1 is 1.20 bits per heavy atom. The number of hydrogen-bond acceptors (Lipinski definition) is 4. The standard InChI is InChI=1S/C18H18F2N2O3/c19-18(20)25-14-6-4-11(5-7-14)17(24)22-16(12-9-13(23)10-12)15-3-1-2-8-21-15/h1-8,12-13,16,18,23H,9-10H2,(H,22,24)/t12?,13?,16-/m0/s1. The number of rotatable bonds is 6. The molecule has 0 unspecified atom stereocenters. The second-order valence-corrected chi connectivity index (χ2v) is 5.99. The van der Waals surface area contributed by atoms with Crippen LogP contribution in [0.2, 0.25) is 0 Å². The number of carbonyl (C=O) groups is 1. The molecule has 1 fully saturated rings. The van der Waals surface area contributed by atoms with Crippen molar-refractivity contribution in [2.24, 2.45) is 5.92 Å². The Hall–Kier alpha value is -2.54. The van der Waals surface area contributed by atoms with Crippen molar-refractivity contribution in [1.29, 1.82) is 0 Å². The van der Waals surface area contributed by atoms with E-state index in [-0.39, 0.29) is 29.7 Å². The zero-order chi connectivity index (χ0) is 17.8. The molecule has 3 rings (SSSR count). The maximum absolute atomic E-state index is 12.5. The van der Waals surface area contributed by atoms with Crippen molar-refractivity contribution in [1.82, 2.24) is 10.3 Å². The van der Waals surface area contributed by atoms with Gasteiger partial charge in [-0.2, -0.15) is 8.78 Å². The first-order valence-corrected chi connectivity index (χ1v) is 7.97. The molecule has 7 heteroatoms. The van der Waals surface area contributed by atoms with E-state index in [0.29, 0.717) is 18.4 Å². The molecule has 1 aliphatic rings. The predicted molar refractivity (Wildman–Crippen MR) is 86.2 cm³/mol. The number of hydrogen-bond donors (Lipinski definition) is 2. The SMILES string of the molecule is O=C(N[C@H](c1ccccn1)C1CC(O)C1)c1ccc(OC(F)F)cc1. The van der Waals surface area contributed by atoms with E-state index in [1.807, 2.05) is 12.1 Å². The number of alkyl halides is 2. The van der Waals surface area contributed by atoms with Crippen LogP contribution in [0.4, 0.5) is 8.78 Å². The fourth-order valence-electron chi connectivity index (χ4n) is 2.91. The molecule has 1 saturated carbocycles. The average Bonchev–Trinajstić information content (AvgIpc) is 2.58. The van der Waals surface area contributed by atoms with Crippen LogP contribution in [-0.2, 0) is 0 Å². The first-order chi connectivity index (χ1) is 12.0. The van der Waals surface area contributed by atoms with Crippen LogP contribution in [0.15, 0.2) is 48.7 Å². The Bertz CT molecular complexity index is 704. The Balaban J connectivity index is 1.72. The minimum Gasteiger partial charge on any atom is -0.435 e. The van der Waals surface area contributed by atoms with Gasteiger partial charge in [0.05, 0.1) is 17.8 Å². The van der Waals surface area contributed by atoms with Crippen LogP contribution >= 0.6 is 0 Å². The largest absolute Gasteiger partial charge is 0.435 e. The van der Waals surface area contributed by atoms with Gasteiger partial charge >= 0.3 is 6.61 Å². The van der Waals surface area contributed by atoms with E-state index in [2.05, 4.69) is 15.0 Å². The fraction of sp³-hybridized carbons (Fsp3) is 0.333. The third-order valence-electron chi connectivity index (χ3n) is 4.26. The summed E-state index contributed by atoms with van der Waals surface area (Å²) in [5.41, 5.74) is 1.06. The summed E-state index contributed by atoms with van der Waals surface area (Å²) in [6.07, 6.45) is 2.50. The molecule has 0 bridgehead atoms. The van der Waals surface area contributed by atoms with Gasteiger partial charge in [0, 0.05) is 11.8 Å². The lowest BCUT2D eigenvalue weighted by molar-refractivity contribution is -0.0498. The highest BCUT2D eigenvalue weighted by atomic mass is 19.3. The summed E-state index contributed by atoms with van der Waals surface area (Å²) >= 11 is 0. The van der Waals surface area contributed by atoms with Crippen molar-refractivity contribution in [3.63, 3.8) is 0 Å². The normalized spacial score (nSPS) is 20.6. The highest BCUT2D eigenvalue weighted by Gasteiger charge is 2.36. The number of nitrogens with one attached hydrogen (secondary N) is 1. The summed E-state index contributed by atoms with van der Waals surface area (Å²) in [7, 11) is 0. The maximum atomic E-state index is 12.5. The van der Waals surface area contributed by atoms with E-state index in [1.165, 1.54) is 24.3 Å². The summed E-state index contributed by atoms with van der Waals surface area (Å²) in [6, 6.07) is 10.7. The quantitative estimate of drug-likeness (QED) is 0.842. The van der Waals surface area contributed by atoms with Crippen molar-refractivity contribution in [2.75, 3.05) is 0 Å². The number of amides is 1. The summed E-state index contributed by atoms with van der Waals surface area (Å²) in [5.74, 6) is -0.231. The van der Waals surface area contributed by atoms with Gasteiger partial charge in [0.25, 0.3) is 5.91 Å². The van der Waals surface area contributed by atoms with Gasteiger partial charge in [-0.15, -0.1) is 0 Å². The number of ether oxygens (including phenoxy) is 1. The summed E-state index contributed by atoms with van der Waals surface area (Å²) in [5, 5.41) is 12.5. The van der Waals surface area contributed by atoms with E-state index in [4.69, 9.17) is 0 Å². The molecule has 1 amide bonds. The topological polar surface area (TPSA) is 71.5 Å². The molecule has 132 valence electrons. The van der Waals surface area contributed by atoms with Crippen molar-refractivity contribution in [3.8, 4) is 5.75 Å². The van der Waals surface area contributed by atoms with Crippen LogP contribution in [0, 0.1) is 5.92 Å². The number of nitrogens with zero attached hydrogens (tertiary/aromatic N) is 1. The molecule has 5 nitrogen and oxygen atoms in total. The fourth-order valence-corrected chi connectivity index (χ4v) is 2.91. The lowest BCUT2D eigenvalue weighted by atomic mass is 9.76. The summed E-state index contributed by atoms with van der Waals surface area (Å²) in [6.45, 7) is -2.90. The van der Waals surface area contributed by atoms with Crippen molar-refractivity contribution < 1.29 is 23.4 Å². The van der Waals surface area contributed by atoms with Crippen LogP contribution in [0.5, 0.6) is 5.75 Å². The van der Waals surface area contributed by atoms with Gasteiger partial charge in [-0.25, -0.2) is 0 Å². The van der Waals surface area contributed by atoms with Gasteiger partial charge in [0.2, 0.25) is 0 Å². The first-order valence-electron chi connectivity index (χ1n) is 7.97. The van der Waals surface area contributed by atoms with Crippen molar-refractivity contribution in [2.45, 2.75) is 31.6 Å². The highest BCUT2D eigenvalue weighted by molar-refractivity contribution is 5.94. The molecular formula is C18H18F2N2O3. The number of benzene rings is 1. The van der Waals surface area contributed by atoms with E-state index in [0.717, 1.165) is 5.69 Å². The summed E-state index contributed by atoms with van der Waals surface area (Å²) in [4.78, 5) is 16.8. The molecule has 25 heavy (non-hydrogen) atoms. The molecule has 0 saturated heterocycles. The molecule has 1 heterocycles. The third-order valence-corrected chi connectivity index (χ3v) is 4.26. The minimum atomic E-state index is -2.90. The molecule has 1 atom stereocenters. The average molecular weight is 348 g/mol. The second kappa shape index (κ2) is 7.57. The number of carbonyl (C=O) groups excluding carboxylic acids is 1. The molecule has 0 aliphatic heterocycles. The number of pyridine rings is 1. The van der Waals surface area contributed by atoms with Crippen LogP contribution in [0.1, 0.15) is 34.9 Å². The van der Waals surface area contributed by atoms with Gasteiger partial charge in [0.15, 0.2) is 0 Å². The molecule has 2 N–H and O–H groups in total. The first kappa shape index (κ1) is 17.3. The molecular weight excluding hydrogens is 330 g/mol. The third kappa shape index (κ3) is 4.30. The van der Waals surface area contributed by atoms with Gasteiger partial charge in [0.1, 0.15) is 5.75 Å². The number of halogens is 2. The lowest BCUT2D eigenvalue weighted by Crippen LogP contribution is -2.41. The van der Waals surface area contributed by atoms with E-state index in [9.17, 15) is 18.7 Å². The smallest absolute Gasteiger partial charge is 0.387 e. The zero-order valence-corrected chi connectivity index (χ0v) is 13.3. The second-order valence-electron chi connectivity index (χ2n) is 5.99. The Labute approximate surface area is 143 Å². The molecule has 2 aromatic rings. The lowest BCUT2D eigenvalue weighted by Gasteiger charge is -2.37. The molecule has 1 aromatic carbocycles.